The van der Waals surface area contributed by atoms with Crippen molar-refractivity contribution in [1.82, 2.24) is 10.2 Å². The van der Waals surface area contributed by atoms with Gasteiger partial charge < -0.3 is 10.2 Å². The van der Waals surface area contributed by atoms with Gasteiger partial charge in [0.15, 0.2) is 15.9 Å². The predicted octanol–water partition coefficient (Wildman–Crippen LogP) is 6.37. The molecule has 4 aromatic rings. The molecule has 0 radical (unpaired) electrons. The monoisotopic (exact) mass is 561 g/mol. The maximum Gasteiger partial charge on any atom is 0.296 e. The molecule has 2 heterocycles. The first-order chi connectivity index (χ1) is 18.4. The number of thioether (sulfide) groups is 1. The van der Waals surface area contributed by atoms with E-state index in [1.165, 1.54) is 34.9 Å². The predicted molar refractivity (Wildman–Crippen MR) is 149 cm³/mol. The molecule has 7 nitrogen and oxygen atoms in total. The van der Waals surface area contributed by atoms with Crippen molar-refractivity contribution in [3.8, 4) is 5.75 Å². The van der Waals surface area contributed by atoms with E-state index < -0.39 is 23.5 Å². The van der Waals surface area contributed by atoms with E-state index in [1.54, 1.807) is 18.2 Å². The van der Waals surface area contributed by atoms with E-state index in [2.05, 4.69) is 10.2 Å². The number of halogens is 1. The summed E-state index contributed by atoms with van der Waals surface area (Å²) < 4.78 is 0.589. The number of carbonyl (C=O) groups excluding carboxylic acids is 2. The summed E-state index contributed by atoms with van der Waals surface area (Å²) >= 11 is 8.83. The maximum atomic E-state index is 13.3. The molecule has 190 valence electrons. The van der Waals surface area contributed by atoms with Gasteiger partial charge in [0.1, 0.15) is 5.75 Å². The Morgan fingerprint density at radius 3 is 2.55 bits per heavy atom. The fourth-order valence-electron chi connectivity index (χ4n) is 4.00. The normalized spacial score (nSPS) is 15.6. The largest absolute Gasteiger partial charge is 0.508 e. The van der Waals surface area contributed by atoms with Crippen molar-refractivity contribution in [2.75, 3.05) is 4.90 Å². The van der Waals surface area contributed by atoms with Crippen LogP contribution >= 0.6 is 34.7 Å². The second kappa shape index (κ2) is 11.2. The first-order valence-corrected chi connectivity index (χ1v) is 13.6. The minimum absolute atomic E-state index is 0.0406. The Labute approximate surface area is 231 Å². The number of hydrogen-bond acceptors (Lipinski definition) is 8. The molecule has 0 saturated carbocycles. The van der Waals surface area contributed by atoms with Crippen LogP contribution in [0.4, 0.5) is 5.13 Å². The average Bonchev–Trinajstić information content (AvgIpc) is 3.49. The number of amides is 1. The molecule has 1 aliphatic heterocycles. The Balaban J connectivity index is 1.47. The summed E-state index contributed by atoms with van der Waals surface area (Å²) in [5.41, 5.74) is 2.07. The Morgan fingerprint density at radius 2 is 1.79 bits per heavy atom. The van der Waals surface area contributed by atoms with Gasteiger partial charge in [-0.05, 0) is 41.0 Å². The molecule has 0 saturated heterocycles. The fourth-order valence-corrected chi connectivity index (χ4v) is 6.16. The summed E-state index contributed by atoms with van der Waals surface area (Å²) in [4.78, 5) is 27.9. The average molecular weight is 562 g/mol. The number of aliphatic hydroxyl groups excluding tert-OH is 1. The Morgan fingerprint density at radius 1 is 1.03 bits per heavy atom. The second-order valence-electron chi connectivity index (χ2n) is 8.27. The van der Waals surface area contributed by atoms with Crippen LogP contribution in [-0.2, 0) is 15.3 Å². The molecule has 3 aromatic carbocycles. The molecule has 1 aromatic heterocycles. The van der Waals surface area contributed by atoms with Crippen molar-refractivity contribution in [1.29, 1.82) is 0 Å². The van der Waals surface area contributed by atoms with Gasteiger partial charge in [0.05, 0.1) is 11.6 Å². The zero-order valence-electron chi connectivity index (χ0n) is 19.7. The molecule has 2 N–H and O–H groups in total. The summed E-state index contributed by atoms with van der Waals surface area (Å²) in [6.45, 7) is 0. The number of benzene rings is 3. The molecule has 1 amide bonds. The molecule has 0 aliphatic carbocycles. The van der Waals surface area contributed by atoms with Crippen LogP contribution < -0.4 is 4.90 Å². The number of phenolic OH excluding ortho intramolecular Hbond substituents is 1. The van der Waals surface area contributed by atoms with Gasteiger partial charge in [-0.1, -0.05) is 101 Å². The molecule has 1 atom stereocenters. The molecular formula is C28H20ClN3O4S2. The SMILES string of the molecule is O=C(C=Cc1ccccc1)C1=C(O)C(=O)N(c2nnc(SCc3ccccc3Cl)s2)C1c1cccc(O)c1. The summed E-state index contributed by atoms with van der Waals surface area (Å²) in [5, 5.41) is 30.2. The van der Waals surface area contributed by atoms with Crippen LogP contribution in [0, 0.1) is 0 Å². The highest BCUT2D eigenvalue weighted by Gasteiger charge is 2.45. The van der Waals surface area contributed by atoms with E-state index >= 15 is 0 Å². The number of ketones is 1. The highest BCUT2D eigenvalue weighted by molar-refractivity contribution is 8.00. The number of aliphatic hydroxyl groups is 1. The highest BCUT2D eigenvalue weighted by atomic mass is 35.5. The standard InChI is InChI=1S/C28H20ClN3O4S2/c29-21-12-5-4-9-19(21)16-37-28-31-30-27(38-28)32-24(18-10-6-11-20(33)15-18)23(25(35)26(32)36)22(34)14-13-17-7-2-1-3-8-17/h1-15,24,33,35H,16H2. The molecule has 0 fully saturated rings. The van der Waals surface area contributed by atoms with Crippen LogP contribution in [0.3, 0.4) is 0 Å². The fraction of sp³-hybridized carbons (Fsp3) is 0.0714. The maximum absolute atomic E-state index is 13.3. The lowest BCUT2D eigenvalue weighted by molar-refractivity contribution is -0.117. The number of allylic oxidation sites excluding steroid dienone is 1. The van der Waals surface area contributed by atoms with Crippen molar-refractivity contribution in [3.63, 3.8) is 0 Å². The Bertz CT molecular complexity index is 1570. The third-order valence-corrected chi connectivity index (χ3v) is 8.27. The number of phenols is 1. The van der Waals surface area contributed by atoms with Crippen molar-refractivity contribution in [2.45, 2.75) is 16.1 Å². The van der Waals surface area contributed by atoms with E-state index in [1.807, 2.05) is 54.6 Å². The minimum Gasteiger partial charge on any atom is -0.508 e. The van der Waals surface area contributed by atoms with Gasteiger partial charge >= 0.3 is 0 Å². The lowest BCUT2D eigenvalue weighted by Gasteiger charge is -2.23. The summed E-state index contributed by atoms with van der Waals surface area (Å²) in [6, 6.07) is 21.9. The first-order valence-electron chi connectivity index (χ1n) is 11.4. The van der Waals surface area contributed by atoms with Crippen molar-refractivity contribution >= 4 is 57.6 Å². The van der Waals surface area contributed by atoms with E-state index in [9.17, 15) is 19.8 Å². The van der Waals surface area contributed by atoms with E-state index in [0.717, 1.165) is 22.5 Å². The molecular weight excluding hydrogens is 542 g/mol. The molecule has 1 aliphatic rings. The van der Waals surface area contributed by atoms with Crippen LogP contribution in [0.1, 0.15) is 22.7 Å². The topological polar surface area (TPSA) is 104 Å². The number of rotatable bonds is 8. The van der Waals surface area contributed by atoms with E-state index in [0.29, 0.717) is 20.7 Å². The summed E-state index contributed by atoms with van der Waals surface area (Å²) in [7, 11) is 0. The van der Waals surface area contributed by atoms with Gasteiger partial charge in [-0.25, -0.2) is 0 Å². The van der Waals surface area contributed by atoms with E-state index in [-0.39, 0.29) is 16.5 Å². The quantitative estimate of drug-likeness (QED) is 0.146. The molecule has 38 heavy (non-hydrogen) atoms. The smallest absolute Gasteiger partial charge is 0.296 e. The number of aromatic hydroxyl groups is 1. The van der Waals surface area contributed by atoms with Crippen LogP contribution in [-0.4, -0.2) is 32.1 Å². The van der Waals surface area contributed by atoms with Crippen LogP contribution in [0.25, 0.3) is 6.08 Å². The molecule has 0 bridgehead atoms. The van der Waals surface area contributed by atoms with Crippen LogP contribution in [0.15, 0.2) is 101 Å². The minimum atomic E-state index is -1.00. The highest BCUT2D eigenvalue weighted by Crippen LogP contribution is 2.44. The number of hydrogen-bond donors (Lipinski definition) is 2. The van der Waals surface area contributed by atoms with Gasteiger partial charge in [-0.15, -0.1) is 10.2 Å². The van der Waals surface area contributed by atoms with Crippen molar-refractivity contribution < 1.29 is 19.8 Å². The third kappa shape index (κ3) is 5.35. The van der Waals surface area contributed by atoms with Gasteiger partial charge in [-0.3, -0.25) is 14.5 Å². The van der Waals surface area contributed by atoms with Crippen molar-refractivity contribution in [3.05, 3.63) is 118 Å². The van der Waals surface area contributed by atoms with Crippen LogP contribution in [0.2, 0.25) is 5.02 Å². The molecule has 1 unspecified atom stereocenters. The molecule has 0 spiro atoms. The number of nitrogens with zero attached hydrogens (tertiary/aromatic N) is 3. The zero-order chi connectivity index (χ0) is 26.6. The first kappa shape index (κ1) is 25.7. The number of anilines is 1. The van der Waals surface area contributed by atoms with E-state index in [4.69, 9.17) is 11.6 Å². The van der Waals surface area contributed by atoms with Crippen LogP contribution in [0.5, 0.6) is 5.75 Å². The Hall–Kier alpha value is -3.92. The summed E-state index contributed by atoms with van der Waals surface area (Å²) in [5.74, 6) is -1.46. The number of aromatic nitrogens is 2. The Kier molecular flexibility index (Phi) is 7.59. The van der Waals surface area contributed by atoms with Gasteiger partial charge in [0.25, 0.3) is 5.91 Å². The number of carbonyl (C=O) groups is 2. The van der Waals surface area contributed by atoms with Gasteiger partial charge in [0, 0.05) is 10.8 Å². The van der Waals surface area contributed by atoms with Crippen molar-refractivity contribution in [2.24, 2.45) is 0 Å². The molecule has 10 heteroatoms. The van der Waals surface area contributed by atoms with Gasteiger partial charge in [-0.2, -0.15) is 0 Å². The van der Waals surface area contributed by atoms with Gasteiger partial charge in [0.2, 0.25) is 5.13 Å². The third-order valence-electron chi connectivity index (χ3n) is 5.80. The second-order valence-corrected chi connectivity index (χ2v) is 10.9. The molecule has 5 rings (SSSR count). The zero-order valence-corrected chi connectivity index (χ0v) is 22.1. The lowest BCUT2D eigenvalue weighted by atomic mass is 9.95. The lowest BCUT2D eigenvalue weighted by Crippen LogP contribution is -2.30. The summed E-state index contributed by atoms with van der Waals surface area (Å²) in [6.07, 6.45) is 2.93.